The summed E-state index contributed by atoms with van der Waals surface area (Å²) in [7, 11) is 1.80. The van der Waals surface area contributed by atoms with Gasteiger partial charge in [-0.3, -0.25) is 4.98 Å². The maximum absolute atomic E-state index is 5.19. The molecule has 0 spiro atoms. The van der Waals surface area contributed by atoms with Crippen molar-refractivity contribution >= 4 is 5.82 Å². The second-order valence-electron chi connectivity index (χ2n) is 2.52. The summed E-state index contributed by atoms with van der Waals surface area (Å²) in [6.07, 6.45) is 4.94. The van der Waals surface area contributed by atoms with E-state index in [1.807, 2.05) is 12.1 Å². The van der Waals surface area contributed by atoms with Gasteiger partial charge in [0.05, 0.1) is 18.7 Å². The number of aromatic nitrogens is 2. The molecule has 66 valence electrons. The zero-order valence-electron chi connectivity index (χ0n) is 7.19. The number of nitrogens with one attached hydrogen (secondary N) is 1. The predicted molar refractivity (Wildman–Crippen MR) is 49.3 cm³/mol. The third-order valence-corrected chi connectivity index (χ3v) is 1.66. The molecule has 0 unspecified atom stereocenters. The number of nitrogens with zero attached hydrogens (tertiary/aromatic N) is 2. The third kappa shape index (κ3) is 1.51. The smallest absolute Gasteiger partial charge is 0.153 e. The normalized spacial score (nSPS) is 9.92. The zero-order chi connectivity index (χ0) is 9.10. The van der Waals surface area contributed by atoms with Gasteiger partial charge in [-0.2, -0.15) is 0 Å². The molecular formula is C9H9N3O. The highest BCUT2D eigenvalue weighted by molar-refractivity contribution is 5.52. The van der Waals surface area contributed by atoms with Crippen LogP contribution in [0.25, 0.3) is 11.5 Å². The molecule has 0 aliphatic carbocycles. The molecule has 13 heavy (non-hydrogen) atoms. The molecule has 0 atom stereocenters. The van der Waals surface area contributed by atoms with Crippen molar-refractivity contribution in [2.75, 3.05) is 12.4 Å². The van der Waals surface area contributed by atoms with Crippen LogP contribution >= 0.6 is 0 Å². The van der Waals surface area contributed by atoms with Crippen molar-refractivity contribution < 1.29 is 4.42 Å². The van der Waals surface area contributed by atoms with Crippen LogP contribution in [0.1, 0.15) is 0 Å². The first-order valence-corrected chi connectivity index (χ1v) is 3.94. The lowest BCUT2D eigenvalue weighted by atomic mass is 10.3. The maximum atomic E-state index is 5.19. The maximum Gasteiger partial charge on any atom is 0.153 e. The monoisotopic (exact) mass is 175 g/mol. The Labute approximate surface area is 75.6 Å². The van der Waals surface area contributed by atoms with Crippen molar-refractivity contribution in [2.24, 2.45) is 0 Å². The van der Waals surface area contributed by atoms with Gasteiger partial charge in [-0.05, 0) is 12.1 Å². The van der Waals surface area contributed by atoms with Gasteiger partial charge < -0.3 is 9.73 Å². The minimum absolute atomic E-state index is 0.726. The SMILES string of the molecule is CNc1cncc(-c2ccco2)n1. The second-order valence-corrected chi connectivity index (χ2v) is 2.52. The van der Waals surface area contributed by atoms with Gasteiger partial charge in [0.1, 0.15) is 11.5 Å². The van der Waals surface area contributed by atoms with E-state index in [1.54, 1.807) is 25.7 Å². The molecule has 0 fully saturated rings. The summed E-state index contributed by atoms with van der Waals surface area (Å²) in [6.45, 7) is 0. The highest BCUT2D eigenvalue weighted by Gasteiger charge is 2.02. The molecule has 0 aliphatic rings. The summed E-state index contributed by atoms with van der Waals surface area (Å²) in [6, 6.07) is 3.67. The number of furan rings is 1. The minimum atomic E-state index is 0.726. The van der Waals surface area contributed by atoms with Gasteiger partial charge in [0, 0.05) is 7.05 Å². The quantitative estimate of drug-likeness (QED) is 0.755. The molecule has 2 rings (SSSR count). The molecule has 0 saturated heterocycles. The standard InChI is InChI=1S/C9H9N3O/c1-10-9-6-11-5-7(12-9)8-3-2-4-13-8/h2-6H,1H3,(H,10,12). The van der Waals surface area contributed by atoms with Crippen molar-refractivity contribution in [3.63, 3.8) is 0 Å². The highest BCUT2D eigenvalue weighted by Crippen LogP contribution is 2.17. The van der Waals surface area contributed by atoms with Gasteiger partial charge in [-0.1, -0.05) is 0 Å². The van der Waals surface area contributed by atoms with Crippen LogP contribution in [0.3, 0.4) is 0 Å². The molecule has 2 aromatic rings. The van der Waals surface area contributed by atoms with E-state index in [9.17, 15) is 0 Å². The first kappa shape index (κ1) is 7.79. The molecule has 2 heterocycles. The molecule has 2 aromatic heterocycles. The molecule has 0 amide bonds. The first-order chi connectivity index (χ1) is 6.40. The van der Waals surface area contributed by atoms with Crippen molar-refractivity contribution in [3.05, 3.63) is 30.8 Å². The van der Waals surface area contributed by atoms with Crippen LogP contribution < -0.4 is 5.32 Å². The number of hydrogen-bond acceptors (Lipinski definition) is 4. The van der Waals surface area contributed by atoms with E-state index in [1.165, 1.54) is 0 Å². The third-order valence-electron chi connectivity index (χ3n) is 1.66. The van der Waals surface area contributed by atoms with Crippen molar-refractivity contribution in [1.82, 2.24) is 9.97 Å². The fourth-order valence-electron chi connectivity index (χ4n) is 1.03. The summed E-state index contributed by atoms with van der Waals surface area (Å²) in [5.41, 5.74) is 0.733. The fraction of sp³-hybridized carbons (Fsp3) is 0.111. The molecular weight excluding hydrogens is 166 g/mol. The van der Waals surface area contributed by atoms with Crippen LogP contribution in [0.4, 0.5) is 5.82 Å². The Morgan fingerprint density at radius 2 is 2.31 bits per heavy atom. The molecule has 0 radical (unpaired) electrons. The molecule has 0 saturated carbocycles. The van der Waals surface area contributed by atoms with E-state index in [2.05, 4.69) is 15.3 Å². The Morgan fingerprint density at radius 1 is 1.38 bits per heavy atom. The Morgan fingerprint density at radius 3 is 3.00 bits per heavy atom. The molecule has 0 aliphatic heterocycles. The van der Waals surface area contributed by atoms with Crippen LogP contribution in [0.5, 0.6) is 0 Å². The summed E-state index contributed by atoms with van der Waals surface area (Å²) < 4.78 is 5.19. The van der Waals surface area contributed by atoms with E-state index in [-0.39, 0.29) is 0 Å². The fourth-order valence-corrected chi connectivity index (χ4v) is 1.03. The highest BCUT2D eigenvalue weighted by atomic mass is 16.3. The lowest BCUT2D eigenvalue weighted by Crippen LogP contribution is -1.94. The van der Waals surface area contributed by atoms with E-state index < -0.39 is 0 Å². The average Bonchev–Trinajstić information content (AvgIpc) is 2.71. The van der Waals surface area contributed by atoms with Crippen LogP contribution in [-0.2, 0) is 0 Å². The Balaban J connectivity index is 2.41. The van der Waals surface area contributed by atoms with Crippen LogP contribution in [0.15, 0.2) is 35.2 Å². The number of hydrogen-bond donors (Lipinski definition) is 1. The van der Waals surface area contributed by atoms with Gasteiger partial charge in [-0.25, -0.2) is 4.98 Å². The van der Waals surface area contributed by atoms with Crippen LogP contribution in [0, 0.1) is 0 Å². The zero-order valence-corrected chi connectivity index (χ0v) is 7.19. The van der Waals surface area contributed by atoms with Gasteiger partial charge >= 0.3 is 0 Å². The molecule has 4 heteroatoms. The molecule has 4 nitrogen and oxygen atoms in total. The van der Waals surface area contributed by atoms with E-state index in [4.69, 9.17) is 4.42 Å². The van der Waals surface area contributed by atoms with Gasteiger partial charge in [0.15, 0.2) is 5.76 Å². The van der Waals surface area contributed by atoms with Crippen molar-refractivity contribution in [3.8, 4) is 11.5 Å². The van der Waals surface area contributed by atoms with Crippen molar-refractivity contribution in [1.29, 1.82) is 0 Å². The molecule has 1 N–H and O–H groups in total. The first-order valence-electron chi connectivity index (χ1n) is 3.94. The summed E-state index contributed by atoms with van der Waals surface area (Å²) >= 11 is 0. The summed E-state index contributed by atoms with van der Waals surface area (Å²) in [5, 5.41) is 2.91. The average molecular weight is 175 g/mol. The van der Waals surface area contributed by atoms with Gasteiger partial charge in [0.25, 0.3) is 0 Å². The Bertz CT molecular complexity index is 384. The lowest BCUT2D eigenvalue weighted by molar-refractivity contribution is 0.580. The Hall–Kier alpha value is -1.84. The predicted octanol–water partition coefficient (Wildman–Crippen LogP) is 1.78. The minimum Gasteiger partial charge on any atom is -0.463 e. The Kier molecular flexibility index (Phi) is 1.96. The van der Waals surface area contributed by atoms with E-state index in [0.717, 1.165) is 17.3 Å². The number of rotatable bonds is 2. The molecule has 0 bridgehead atoms. The summed E-state index contributed by atoms with van der Waals surface area (Å²) in [5.74, 6) is 1.46. The second kappa shape index (κ2) is 3.26. The largest absolute Gasteiger partial charge is 0.463 e. The molecule has 0 aromatic carbocycles. The van der Waals surface area contributed by atoms with E-state index >= 15 is 0 Å². The van der Waals surface area contributed by atoms with Gasteiger partial charge in [-0.15, -0.1) is 0 Å². The lowest BCUT2D eigenvalue weighted by Gasteiger charge is -1.99. The topological polar surface area (TPSA) is 51.0 Å². The van der Waals surface area contributed by atoms with Crippen LogP contribution in [0.2, 0.25) is 0 Å². The number of anilines is 1. The van der Waals surface area contributed by atoms with Crippen molar-refractivity contribution in [2.45, 2.75) is 0 Å². The van der Waals surface area contributed by atoms with Crippen LogP contribution in [-0.4, -0.2) is 17.0 Å². The van der Waals surface area contributed by atoms with Gasteiger partial charge in [0.2, 0.25) is 0 Å². The summed E-state index contributed by atoms with van der Waals surface area (Å²) in [4.78, 5) is 8.29. The van der Waals surface area contributed by atoms with E-state index in [0.29, 0.717) is 0 Å².